The molecule has 2 rings (SSSR count). The highest BCUT2D eigenvalue weighted by Gasteiger charge is 2.43. The second-order valence-electron chi connectivity index (χ2n) is 6.31. The summed E-state index contributed by atoms with van der Waals surface area (Å²) in [6, 6.07) is 3.93. The third kappa shape index (κ3) is 2.68. The molecule has 4 heteroatoms. The number of hydrogen-bond donors (Lipinski definition) is 2. The second-order valence-corrected chi connectivity index (χ2v) is 6.31. The minimum atomic E-state index is -0.310. The van der Waals surface area contributed by atoms with E-state index in [9.17, 15) is 4.79 Å². The van der Waals surface area contributed by atoms with Crippen molar-refractivity contribution < 1.29 is 9.21 Å². The number of carbonyl (C=O) groups is 1. The molecule has 106 valence electrons. The van der Waals surface area contributed by atoms with Crippen LogP contribution in [-0.4, -0.2) is 19.0 Å². The fourth-order valence-electron chi connectivity index (χ4n) is 2.50. The first-order chi connectivity index (χ1) is 8.89. The zero-order valence-corrected chi connectivity index (χ0v) is 12.1. The normalized spacial score (nSPS) is 17.9. The molecular weight excluding hydrogens is 240 g/mol. The first-order valence-electron chi connectivity index (χ1n) is 6.95. The molecule has 1 saturated carbocycles. The van der Waals surface area contributed by atoms with Crippen molar-refractivity contribution in [2.24, 2.45) is 11.1 Å². The van der Waals surface area contributed by atoms with Gasteiger partial charge in [0.15, 0.2) is 0 Å². The summed E-state index contributed by atoms with van der Waals surface area (Å²) in [6.07, 6.45) is 2.93. The van der Waals surface area contributed by atoms with E-state index in [1.807, 2.05) is 19.1 Å². The smallest absolute Gasteiger partial charge is 0.227 e. The first-order valence-corrected chi connectivity index (χ1v) is 6.95. The number of carbonyl (C=O) groups excluding carboxylic acids is 1. The van der Waals surface area contributed by atoms with Crippen LogP contribution in [0.15, 0.2) is 16.5 Å². The number of nitrogens with one attached hydrogen (secondary N) is 1. The van der Waals surface area contributed by atoms with Crippen LogP contribution in [-0.2, 0) is 10.2 Å². The Kier molecular flexibility index (Phi) is 3.72. The third-order valence-corrected chi connectivity index (χ3v) is 4.28. The van der Waals surface area contributed by atoms with Crippen molar-refractivity contribution in [2.75, 3.05) is 13.1 Å². The lowest BCUT2D eigenvalue weighted by molar-refractivity contribution is -0.135. The van der Waals surface area contributed by atoms with E-state index in [1.54, 1.807) is 0 Å². The van der Waals surface area contributed by atoms with Gasteiger partial charge in [0.25, 0.3) is 0 Å². The summed E-state index contributed by atoms with van der Waals surface area (Å²) in [7, 11) is 0. The summed E-state index contributed by atoms with van der Waals surface area (Å²) in [5.74, 6) is 1.89. The number of nitrogens with two attached hydrogens (primary N) is 1. The molecule has 0 radical (unpaired) electrons. The van der Waals surface area contributed by atoms with Gasteiger partial charge in [-0.25, -0.2) is 0 Å². The Labute approximate surface area is 114 Å². The zero-order chi connectivity index (χ0) is 14.1. The van der Waals surface area contributed by atoms with Gasteiger partial charge in [0.2, 0.25) is 5.91 Å². The number of furan rings is 1. The molecule has 1 fully saturated rings. The molecule has 0 unspecified atom stereocenters. The number of amides is 1. The van der Waals surface area contributed by atoms with E-state index in [1.165, 1.54) is 0 Å². The van der Waals surface area contributed by atoms with Crippen LogP contribution in [0.3, 0.4) is 0 Å². The van der Waals surface area contributed by atoms with E-state index in [-0.39, 0.29) is 16.7 Å². The Bertz CT molecular complexity index is 453. The maximum atomic E-state index is 12.2. The Morgan fingerprint density at radius 3 is 2.58 bits per heavy atom. The van der Waals surface area contributed by atoms with Gasteiger partial charge in [0.05, 0.1) is 5.41 Å². The minimum absolute atomic E-state index is 0.0950. The molecule has 0 bridgehead atoms. The summed E-state index contributed by atoms with van der Waals surface area (Å²) in [4.78, 5) is 12.2. The Balaban J connectivity index is 1.96. The van der Waals surface area contributed by atoms with Crippen LogP contribution in [0.1, 0.15) is 44.6 Å². The van der Waals surface area contributed by atoms with Gasteiger partial charge < -0.3 is 15.5 Å². The van der Waals surface area contributed by atoms with Crippen LogP contribution in [0.5, 0.6) is 0 Å². The lowest BCUT2D eigenvalue weighted by atomic mass is 9.68. The van der Waals surface area contributed by atoms with E-state index < -0.39 is 0 Å². The van der Waals surface area contributed by atoms with Crippen LogP contribution >= 0.6 is 0 Å². The Hall–Kier alpha value is -1.29. The molecule has 1 aliphatic carbocycles. The van der Waals surface area contributed by atoms with Gasteiger partial charge in [-0.2, -0.15) is 0 Å². The van der Waals surface area contributed by atoms with Gasteiger partial charge in [0.1, 0.15) is 11.5 Å². The van der Waals surface area contributed by atoms with Crippen molar-refractivity contribution in [2.45, 2.75) is 45.4 Å². The summed E-state index contributed by atoms with van der Waals surface area (Å²) in [6.45, 7) is 7.08. The van der Waals surface area contributed by atoms with Crippen LogP contribution < -0.4 is 11.1 Å². The number of rotatable bonds is 5. The van der Waals surface area contributed by atoms with Gasteiger partial charge in [-0.15, -0.1) is 0 Å². The lowest BCUT2D eigenvalue weighted by Gasteiger charge is -2.39. The van der Waals surface area contributed by atoms with Crippen molar-refractivity contribution in [3.63, 3.8) is 0 Å². The van der Waals surface area contributed by atoms with Crippen LogP contribution in [0, 0.1) is 12.3 Å². The predicted molar refractivity (Wildman–Crippen MR) is 74.8 cm³/mol. The lowest BCUT2D eigenvalue weighted by Crippen LogP contribution is -2.52. The molecule has 0 spiro atoms. The van der Waals surface area contributed by atoms with Crippen molar-refractivity contribution in [3.05, 3.63) is 23.7 Å². The average molecular weight is 264 g/mol. The largest absolute Gasteiger partial charge is 0.466 e. The summed E-state index contributed by atoms with van der Waals surface area (Å²) >= 11 is 0. The third-order valence-electron chi connectivity index (χ3n) is 4.28. The fourth-order valence-corrected chi connectivity index (χ4v) is 2.50. The number of hydrogen-bond acceptors (Lipinski definition) is 3. The highest BCUT2D eigenvalue weighted by Crippen LogP contribution is 2.40. The first kappa shape index (κ1) is 14.1. The maximum absolute atomic E-state index is 12.2. The fraction of sp³-hybridized carbons (Fsp3) is 0.667. The van der Waals surface area contributed by atoms with E-state index >= 15 is 0 Å². The van der Waals surface area contributed by atoms with Gasteiger partial charge in [-0.1, -0.05) is 20.3 Å². The van der Waals surface area contributed by atoms with Crippen molar-refractivity contribution in [3.8, 4) is 0 Å². The summed E-state index contributed by atoms with van der Waals surface area (Å²) < 4.78 is 5.66. The van der Waals surface area contributed by atoms with Gasteiger partial charge in [-0.05, 0) is 31.9 Å². The molecule has 0 saturated heterocycles. The van der Waals surface area contributed by atoms with Crippen molar-refractivity contribution >= 4 is 5.91 Å². The van der Waals surface area contributed by atoms with E-state index in [0.717, 1.165) is 30.8 Å². The molecule has 1 aromatic rings. The van der Waals surface area contributed by atoms with E-state index in [2.05, 4.69) is 19.2 Å². The van der Waals surface area contributed by atoms with Gasteiger partial charge in [-0.3, -0.25) is 4.79 Å². The SMILES string of the molecule is Cc1ccc(C(C)(C)CNC(=O)C2(CN)CCC2)o1. The van der Waals surface area contributed by atoms with Gasteiger partial charge in [0, 0.05) is 18.5 Å². The molecule has 0 atom stereocenters. The predicted octanol–water partition coefficient (Wildman–Crippen LogP) is 2.11. The second kappa shape index (κ2) is 5.00. The van der Waals surface area contributed by atoms with Crippen LogP contribution in [0.4, 0.5) is 0 Å². The zero-order valence-electron chi connectivity index (χ0n) is 12.1. The molecular formula is C15H24N2O2. The minimum Gasteiger partial charge on any atom is -0.466 e. The van der Waals surface area contributed by atoms with Crippen molar-refractivity contribution in [1.29, 1.82) is 0 Å². The highest BCUT2D eigenvalue weighted by molar-refractivity contribution is 5.83. The molecule has 1 aliphatic rings. The molecule has 0 aromatic carbocycles. The van der Waals surface area contributed by atoms with E-state index in [4.69, 9.17) is 10.2 Å². The molecule has 1 aromatic heterocycles. The molecule has 0 aliphatic heterocycles. The maximum Gasteiger partial charge on any atom is 0.227 e. The molecule has 1 amide bonds. The summed E-state index contributed by atoms with van der Waals surface area (Å²) in [5, 5.41) is 3.05. The van der Waals surface area contributed by atoms with E-state index in [0.29, 0.717) is 13.1 Å². The molecule has 3 N–H and O–H groups in total. The van der Waals surface area contributed by atoms with Gasteiger partial charge >= 0.3 is 0 Å². The monoisotopic (exact) mass is 264 g/mol. The topological polar surface area (TPSA) is 68.3 Å². The summed E-state index contributed by atoms with van der Waals surface area (Å²) in [5.41, 5.74) is 5.23. The standard InChI is InChI=1S/C15H24N2O2/c1-11-5-6-12(19-11)14(2,3)10-17-13(18)15(9-16)7-4-8-15/h5-6H,4,7-10,16H2,1-3H3,(H,17,18). The van der Waals surface area contributed by atoms with Crippen LogP contribution in [0.2, 0.25) is 0 Å². The van der Waals surface area contributed by atoms with Crippen LogP contribution in [0.25, 0.3) is 0 Å². The Morgan fingerprint density at radius 2 is 2.16 bits per heavy atom. The average Bonchev–Trinajstić information content (AvgIpc) is 2.73. The number of aryl methyl sites for hydroxylation is 1. The molecule has 4 nitrogen and oxygen atoms in total. The Morgan fingerprint density at radius 1 is 1.47 bits per heavy atom. The van der Waals surface area contributed by atoms with Crippen molar-refractivity contribution in [1.82, 2.24) is 5.32 Å². The molecule has 19 heavy (non-hydrogen) atoms. The quantitative estimate of drug-likeness (QED) is 0.856. The molecule has 1 heterocycles. The highest BCUT2D eigenvalue weighted by atomic mass is 16.3.